The van der Waals surface area contributed by atoms with E-state index in [0.717, 1.165) is 32.6 Å². The van der Waals surface area contributed by atoms with Gasteiger partial charge in [0.15, 0.2) is 0 Å². The van der Waals surface area contributed by atoms with Gasteiger partial charge in [-0.2, -0.15) is 0 Å². The van der Waals surface area contributed by atoms with Crippen LogP contribution in [-0.2, 0) is 0 Å². The summed E-state index contributed by atoms with van der Waals surface area (Å²) in [5, 5.41) is 0. The molecule has 0 N–H and O–H groups in total. The number of hydrogen-bond donors (Lipinski definition) is 0. The van der Waals surface area contributed by atoms with Crippen LogP contribution in [0.4, 0.5) is 8.78 Å². The SMILES string of the molecule is CC(C)N1CCC=C(F)CC1.CN1CC=C(F)CC1. The molecule has 0 aromatic rings. The molecule has 4 heteroatoms. The number of rotatable bonds is 1. The van der Waals surface area contributed by atoms with Crippen molar-refractivity contribution in [2.24, 2.45) is 0 Å². The van der Waals surface area contributed by atoms with Crippen molar-refractivity contribution in [3.8, 4) is 0 Å². The topological polar surface area (TPSA) is 6.48 Å². The first kappa shape index (κ1) is 16.3. The van der Waals surface area contributed by atoms with Gasteiger partial charge in [0.25, 0.3) is 0 Å². The van der Waals surface area contributed by atoms with E-state index in [1.54, 1.807) is 12.2 Å². The summed E-state index contributed by atoms with van der Waals surface area (Å²) in [6.07, 6.45) is 5.39. The van der Waals surface area contributed by atoms with Crippen LogP contribution in [0, 0.1) is 0 Å². The molecule has 0 amide bonds. The number of halogens is 2. The third-order valence-electron chi connectivity index (χ3n) is 3.51. The summed E-state index contributed by atoms with van der Waals surface area (Å²) in [6, 6.07) is 0.550. The van der Waals surface area contributed by atoms with Crippen molar-refractivity contribution in [2.75, 3.05) is 33.2 Å². The van der Waals surface area contributed by atoms with Crippen molar-refractivity contribution < 1.29 is 8.78 Å². The van der Waals surface area contributed by atoms with Gasteiger partial charge in [-0.3, -0.25) is 0 Å². The molecule has 0 aliphatic carbocycles. The van der Waals surface area contributed by atoms with Gasteiger partial charge in [-0.25, -0.2) is 8.78 Å². The monoisotopic (exact) mass is 272 g/mol. The number of nitrogens with zero attached hydrogens (tertiary/aromatic N) is 2. The minimum absolute atomic E-state index is 0.0445. The Morgan fingerprint density at radius 3 is 2.16 bits per heavy atom. The highest BCUT2D eigenvalue weighted by Crippen LogP contribution is 2.13. The quantitative estimate of drug-likeness (QED) is 0.720. The van der Waals surface area contributed by atoms with E-state index in [2.05, 4.69) is 23.6 Å². The molecule has 0 saturated carbocycles. The lowest BCUT2D eigenvalue weighted by Gasteiger charge is -2.23. The fraction of sp³-hybridized carbons (Fsp3) is 0.733. The number of likely N-dealkylation sites (N-methyl/N-ethyl adjacent to an activating group) is 1. The van der Waals surface area contributed by atoms with Crippen LogP contribution in [0.5, 0.6) is 0 Å². The van der Waals surface area contributed by atoms with Gasteiger partial charge in [-0.15, -0.1) is 0 Å². The van der Waals surface area contributed by atoms with Crippen LogP contribution in [0.15, 0.2) is 23.8 Å². The van der Waals surface area contributed by atoms with Crippen molar-refractivity contribution in [1.29, 1.82) is 0 Å². The first-order valence-electron chi connectivity index (χ1n) is 7.10. The summed E-state index contributed by atoms with van der Waals surface area (Å²) in [6.45, 7) is 7.83. The highest BCUT2D eigenvalue weighted by Gasteiger charge is 2.12. The van der Waals surface area contributed by atoms with Gasteiger partial charge in [-0.05, 0) is 33.4 Å². The van der Waals surface area contributed by atoms with E-state index in [1.807, 2.05) is 7.05 Å². The smallest absolute Gasteiger partial charge is 0.0985 e. The Morgan fingerprint density at radius 1 is 1.00 bits per heavy atom. The molecule has 0 aromatic carbocycles. The minimum Gasteiger partial charge on any atom is -0.302 e. The molecule has 110 valence electrons. The van der Waals surface area contributed by atoms with Crippen molar-refractivity contribution in [3.05, 3.63) is 23.8 Å². The molecular formula is C15H26F2N2. The van der Waals surface area contributed by atoms with Gasteiger partial charge >= 0.3 is 0 Å². The van der Waals surface area contributed by atoms with Crippen molar-refractivity contribution in [2.45, 2.75) is 39.2 Å². The Balaban J connectivity index is 0.000000200. The van der Waals surface area contributed by atoms with Crippen LogP contribution in [0.2, 0.25) is 0 Å². The molecule has 0 bridgehead atoms. The zero-order valence-electron chi connectivity index (χ0n) is 12.3. The fourth-order valence-electron chi connectivity index (χ4n) is 2.11. The van der Waals surface area contributed by atoms with Gasteiger partial charge in [0.2, 0.25) is 0 Å². The van der Waals surface area contributed by atoms with Gasteiger partial charge in [-0.1, -0.05) is 6.08 Å². The minimum atomic E-state index is 0.0445. The fourth-order valence-corrected chi connectivity index (χ4v) is 2.11. The van der Waals surface area contributed by atoms with E-state index >= 15 is 0 Å². The predicted octanol–water partition coefficient (Wildman–Crippen LogP) is 3.52. The lowest BCUT2D eigenvalue weighted by atomic mass is 10.2. The molecule has 0 radical (unpaired) electrons. The van der Waals surface area contributed by atoms with Crippen molar-refractivity contribution in [1.82, 2.24) is 9.80 Å². The average Bonchev–Trinajstić information content (AvgIpc) is 2.59. The van der Waals surface area contributed by atoms with E-state index in [9.17, 15) is 8.78 Å². The maximum absolute atomic E-state index is 12.7. The summed E-state index contributed by atoms with van der Waals surface area (Å²) in [5.74, 6) is 0.108. The summed E-state index contributed by atoms with van der Waals surface area (Å²) in [4.78, 5) is 4.39. The van der Waals surface area contributed by atoms with Gasteiger partial charge in [0, 0.05) is 45.1 Å². The standard InChI is InChI=1S/C9H16FN.C6H10FN/c1-8(2)11-6-3-4-9(10)5-7-11;1-8-4-2-6(7)3-5-8/h4,8H,3,5-7H2,1-2H3;2H,3-5H2,1H3. The molecule has 0 unspecified atom stereocenters. The van der Waals surface area contributed by atoms with Crippen molar-refractivity contribution >= 4 is 0 Å². The highest BCUT2D eigenvalue weighted by molar-refractivity contribution is 4.97. The number of hydrogen-bond acceptors (Lipinski definition) is 2. The Morgan fingerprint density at radius 2 is 1.63 bits per heavy atom. The summed E-state index contributed by atoms with van der Waals surface area (Å²) in [5.41, 5.74) is 0. The molecule has 2 heterocycles. The summed E-state index contributed by atoms with van der Waals surface area (Å²) in [7, 11) is 1.99. The molecular weight excluding hydrogens is 246 g/mol. The Bertz CT molecular complexity index is 324. The van der Waals surface area contributed by atoms with Crippen LogP contribution >= 0.6 is 0 Å². The van der Waals surface area contributed by atoms with Gasteiger partial charge in [0.05, 0.1) is 11.7 Å². The second kappa shape index (κ2) is 8.43. The Hall–Kier alpha value is -0.740. The van der Waals surface area contributed by atoms with E-state index in [0.29, 0.717) is 18.9 Å². The van der Waals surface area contributed by atoms with Crippen LogP contribution in [0.3, 0.4) is 0 Å². The summed E-state index contributed by atoms with van der Waals surface area (Å²) >= 11 is 0. The normalized spacial score (nSPS) is 22.2. The van der Waals surface area contributed by atoms with E-state index in [-0.39, 0.29) is 11.7 Å². The van der Waals surface area contributed by atoms with Crippen molar-refractivity contribution in [3.63, 3.8) is 0 Å². The van der Waals surface area contributed by atoms with Crippen LogP contribution < -0.4 is 0 Å². The predicted molar refractivity (Wildman–Crippen MR) is 76.4 cm³/mol. The molecule has 0 aromatic heterocycles. The second-order valence-corrected chi connectivity index (χ2v) is 5.48. The van der Waals surface area contributed by atoms with Crippen LogP contribution in [-0.4, -0.2) is 49.1 Å². The molecule has 0 fully saturated rings. The van der Waals surface area contributed by atoms with E-state index < -0.39 is 0 Å². The van der Waals surface area contributed by atoms with Crippen LogP contribution in [0.25, 0.3) is 0 Å². The molecule has 0 spiro atoms. The van der Waals surface area contributed by atoms with Gasteiger partial charge in [0.1, 0.15) is 0 Å². The molecule has 0 saturated heterocycles. The first-order chi connectivity index (χ1) is 8.99. The molecule has 2 aliphatic rings. The third kappa shape index (κ3) is 6.83. The molecule has 0 atom stereocenters. The molecule has 19 heavy (non-hydrogen) atoms. The molecule has 2 rings (SSSR count). The third-order valence-corrected chi connectivity index (χ3v) is 3.51. The average molecular weight is 272 g/mol. The zero-order valence-corrected chi connectivity index (χ0v) is 12.3. The zero-order chi connectivity index (χ0) is 14.3. The maximum atomic E-state index is 12.7. The lowest BCUT2D eigenvalue weighted by Crippen LogP contribution is -2.31. The lowest BCUT2D eigenvalue weighted by molar-refractivity contribution is 0.230. The van der Waals surface area contributed by atoms with E-state index in [4.69, 9.17) is 0 Å². The molecule has 2 aliphatic heterocycles. The summed E-state index contributed by atoms with van der Waals surface area (Å²) < 4.78 is 24.9. The van der Waals surface area contributed by atoms with Gasteiger partial charge < -0.3 is 9.80 Å². The second-order valence-electron chi connectivity index (χ2n) is 5.48. The largest absolute Gasteiger partial charge is 0.302 e. The van der Waals surface area contributed by atoms with Crippen LogP contribution in [0.1, 0.15) is 33.1 Å². The Labute approximate surface area is 115 Å². The Kier molecular flexibility index (Phi) is 7.24. The molecule has 2 nitrogen and oxygen atoms in total. The highest BCUT2D eigenvalue weighted by atomic mass is 19.1. The van der Waals surface area contributed by atoms with E-state index in [1.165, 1.54) is 0 Å². The first-order valence-corrected chi connectivity index (χ1v) is 7.10. The maximum Gasteiger partial charge on any atom is 0.0985 e.